The zero-order valence-corrected chi connectivity index (χ0v) is 11.3. The van der Waals surface area contributed by atoms with E-state index in [4.69, 9.17) is 10.5 Å². The Bertz CT molecular complexity index is 456. The molecule has 2 rings (SSSR count). The highest BCUT2D eigenvalue weighted by Gasteiger charge is 2.24. The summed E-state index contributed by atoms with van der Waals surface area (Å²) in [6.07, 6.45) is 3.54. The summed E-state index contributed by atoms with van der Waals surface area (Å²) in [7, 11) is 1.59. The minimum atomic E-state index is -0.182. The first-order valence-electron chi connectivity index (χ1n) is 6.54. The second-order valence-electron chi connectivity index (χ2n) is 4.94. The molecule has 6 nitrogen and oxygen atoms in total. The van der Waals surface area contributed by atoms with Gasteiger partial charge in [-0.1, -0.05) is 0 Å². The molecule has 1 amide bonds. The van der Waals surface area contributed by atoms with Crippen molar-refractivity contribution >= 4 is 11.7 Å². The molecule has 1 aromatic heterocycles. The summed E-state index contributed by atoms with van der Waals surface area (Å²) < 4.78 is 5.12. The van der Waals surface area contributed by atoms with Crippen LogP contribution >= 0.6 is 0 Å². The predicted molar refractivity (Wildman–Crippen MR) is 71.9 cm³/mol. The topological polar surface area (TPSA) is 90.1 Å². The molecule has 0 spiro atoms. The number of carbonyl (C=O) groups is 1. The third-order valence-electron chi connectivity index (χ3n) is 3.51. The highest BCUT2D eigenvalue weighted by Crippen LogP contribution is 2.26. The first-order valence-corrected chi connectivity index (χ1v) is 6.54. The first-order chi connectivity index (χ1) is 9.08. The van der Waals surface area contributed by atoms with Gasteiger partial charge in [0.2, 0.25) is 11.8 Å². The summed E-state index contributed by atoms with van der Waals surface area (Å²) in [6, 6.07) is 2.11. The van der Waals surface area contributed by atoms with Crippen molar-refractivity contribution in [3.63, 3.8) is 0 Å². The van der Waals surface area contributed by atoms with Crippen molar-refractivity contribution in [1.82, 2.24) is 9.97 Å². The van der Waals surface area contributed by atoms with Crippen LogP contribution in [-0.4, -0.2) is 29.0 Å². The maximum atomic E-state index is 11.1. The number of nitrogens with two attached hydrogens (primary N) is 1. The molecule has 104 valence electrons. The number of amides is 1. The third kappa shape index (κ3) is 3.56. The fourth-order valence-electron chi connectivity index (χ4n) is 2.45. The lowest BCUT2D eigenvalue weighted by Crippen LogP contribution is -2.32. The Morgan fingerprint density at radius 1 is 1.37 bits per heavy atom. The van der Waals surface area contributed by atoms with E-state index in [1.54, 1.807) is 13.2 Å². The minimum Gasteiger partial charge on any atom is -0.481 e. The van der Waals surface area contributed by atoms with Gasteiger partial charge in [-0.05, 0) is 32.6 Å². The number of aryl methyl sites for hydroxylation is 1. The van der Waals surface area contributed by atoms with Gasteiger partial charge >= 0.3 is 0 Å². The Morgan fingerprint density at radius 3 is 2.63 bits per heavy atom. The van der Waals surface area contributed by atoms with Crippen LogP contribution in [0.4, 0.5) is 5.82 Å². The van der Waals surface area contributed by atoms with Crippen LogP contribution in [0.3, 0.4) is 0 Å². The number of methoxy groups -OCH3 is 1. The van der Waals surface area contributed by atoms with Crippen LogP contribution in [0.2, 0.25) is 0 Å². The van der Waals surface area contributed by atoms with Gasteiger partial charge in [-0.25, -0.2) is 4.98 Å². The van der Waals surface area contributed by atoms with Crippen LogP contribution in [0.5, 0.6) is 5.88 Å². The molecule has 0 aliphatic heterocycles. The van der Waals surface area contributed by atoms with Crippen molar-refractivity contribution in [2.45, 2.75) is 38.6 Å². The van der Waals surface area contributed by atoms with Crippen LogP contribution in [0.1, 0.15) is 31.5 Å². The number of hydrogen-bond donors (Lipinski definition) is 2. The van der Waals surface area contributed by atoms with Gasteiger partial charge in [-0.15, -0.1) is 0 Å². The summed E-state index contributed by atoms with van der Waals surface area (Å²) in [5.74, 6) is 1.85. The average Bonchev–Trinajstić information content (AvgIpc) is 2.38. The molecule has 0 saturated heterocycles. The number of primary amides is 1. The van der Waals surface area contributed by atoms with Crippen molar-refractivity contribution in [3.05, 3.63) is 11.9 Å². The molecule has 0 radical (unpaired) electrons. The normalized spacial score (nSPS) is 22.8. The molecular formula is C13H20N4O2. The Hall–Kier alpha value is -1.85. The fourth-order valence-corrected chi connectivity index (χ4v) is 2.45. The van der Waals surface area contributed by atoms with E-state index in [0.717, 1.165) is 31.5 Å². The lowest BCUT2D eigenvalue weighted by molar-refractivity contribution is -0.122. The standard InChI is InChI=1S/C13H20N4O2/c1-8-15-11(7-12(16-8)19-2)17-10-5-3-9(4-6-10)13(14)18/h7,9-10H,3-6H2,1-2H3,(H2,14,18)(H,15,16,17). The number of carbonyl (C=O) groups excluding carboxylic acids is 1. The highest BCUT2D eigenvalue weighted by atomic mass is 16.5. The number of nitrogens with zero attached hydrogens (tertiary/aromatic N) is 2. The van der Waals surface area contributed by atoms with Gasteiger partial charge in [0.15, 0.2) is 0 Å². The molecule has 0 unspecified atom stereocenters. The van der Waals surface area contributed by atoms with Gasteiger partial charge in [0.05, 0.1) is 7.11 Å². The predicted octanol–water partition coefficient (Wildman–Crippen LogP) is 1.25. The molecule has 1 saturated carbocycles. The molecule has 1 heterocycles. The van der Waals surface area contributed by atoms with Gasteiger partial charge in [-0.2, -0.15) is 4.98 Å². The zero-order valence-electron chi connectivity index (χ0n) is 11.3. The third-order valence-corrected chi connectivity index (χ3v) is 3.51. The van der Waals surface area contributed by atoms with Gasteiger partial charge < -0.3 is 15.8 Å². The second-order valence-corrected chi connectivity index (χ2v) is 4.94. The lowest BCUT2D eigenvalue weighted by Gasteiger charge is -2.27. The maximum Gasteiger partial charge on any atom is 0.220 e. The quantitative estimate of drug-likeness (QED) is 0.854. The van der Waals surface area contributed by atoms with E-state index in [-0.39, 0.29) is 11.8 Å². The fraction of sp³-hybridized carbons (Fsp3) is 0.615. The minimum absolute atomic E-state index is 0.0275. The molecule has 19 heavy (non-hydrogen) atoms. The molecule has 1 aliphatic carbocycles. The number of ether oxygens (including phenoxy) is 1. The molecule has 1 aromatic rings. The van der Waals surface area contributed by atoms with Crippen LogP contribution in [-0.2, 0) is 4.79 Å². The number of anilines is 1. The van der Waals surface area contributed by atoms with Crippen LogP contribution in [0.25, 0.3) is 0 Å². The molecule has 1 fully saturated rings. The van der Waals surface area contributed by atoms with E-state index < -0.39 is 0 Å². The largest absolute Gasteiger partial charge is 0.481 e. The average molecular weight is 264 g/mol. The summed E-state index contributed by atoms with van der Waals surface area (Å²) in [4.78, 5) is 19.6. The number of nitrogens with one attached hydrogen (secondary N) is 1. The maximum absolute atomic E-state index is 11.1. The molecule has 0 atom stereocenters. The zero-order chi connectivity index (χ0) is 13.8. The SMILES string of the molecule is COc1cc(NC2CCC(C(N)=O)CC2)nc(C)n1. The van der Waals surface area contributed by atoms with Crippen molar-refractivity contribution < 1.29 is 9.53 Å². The van der Waals surface area contributed by atoms with Gasteiger partial charge in [0.25, 0.3) is 0 Å². The number of aromatic nitrogens is 2. The van der Waals surface area contributed by atoms with E-state index in [1.165, 1.54) is 0 Å². The monoisotopic (exact) mass is 264 g/mol. The van der Waals surface area contributed by atoms with Crippen LogP contribution < -0.4 is 15.8 Å². The summed E-state index contributed by atoms with van der Waals surface area (Å²) in [5, 5.41) is 3.37. The van der Waals surface area contributed by atoms with Crippen molar-refractivity contribution in [2.24, 2.45) is 11.7 Å². The van der Waals surface area contributed by atoms with E-state index >= 15 is 0 Å². The second kappa shape index (κ2) is 5.86. The first kappa shape index (κ1) is 13.6. The smallest absolute Gasteiger partial charge is 0.220 e. The Kier molecular flexibility index (Phi) is 4.19. The number of hydrogen-bond acceptors (Lipinski definition) is 5. The van der Waals surface area contributed by atoms with Gasteiger partial charge in [-0.3, -0.25) is 4.79 Å². The Morgan fingerprint density at radius 2 is 2.05 bits per heavy atom. The van der Waals surface area contributed by atoms with Crippen LogP contribution in [0, 0.1) is 12.8 Å². The summed E-state index contributed by atoms with van der Waals surface area (Å²) in [5.41, 5.74) is 5.33. The van der Waals surface area contributed by atoms with E-state index in [1.807, 2.05) is 6.92 Å². The molecule has 0 bridgehead atoms. The Labute approximate surface area is 112 Å². The van der Waals surface area contributed by atoms with Gasteiger partial charge in [0, 0.05) is 18.0 Å². The van der Waals surface area contributed by atoms with Crippen molar-refractivity contribution in [1.29, 1.82) is 0 Å². The summed E-state index contributed by atoms with van der Waals surface area (Å²) in [6.45, 7) is 1.83. The Balaban J connectivity index is 1.95. The summed E-state index contributed by atoms with van der Waals surface area (Å²) >= 11 is 0. The van der Waals surface area contributed by atoms with E-state index in [0.29, 0.717) is 17.7 Å². The van der Waals surface area contributed by atoms with Gasteiger partial charge in [0.1, 0.15) is 11.6 Å². The molecule has 1 aliphatic rings. The van der Waals surface area contributed by atoms with Crippen LogP contribution in [0.15, 0.2) is 6.07 Å². The van der Waals surface area contributed by atoms with E-state index in [2.05, 4.69) is 15.3 Å². The lowest BCUT2D eigenvalue weighted by atomic mass is 9.85. The van der Waals surface area contributed by atoms with Crippen molar-refractivity contribution in [3.8, 4) is 5.88 Å². The highest BCUT2D eigenvalue weighted by molar-refractivity contribution is 5.76. The van der Waals surface area contributed by atoms with Crippen molar-refractivity contribution in [2.75, 3.05) is 12.4 Å². The molecule has 6 heteroatoms. The van der Waals surface area contributed by atoms with E-state index in [9.17, 15) is 4.79 Å². The molecule has 3 N–H and O–H groups in total. The number of rotatable bonds is 4. The molecular weight excluding hydrogens is 244 g/mol. The molecule has 0 aromatic carbocycles.